The Labute approximate surface area is 151 Å². The molecule has 1 aromatic heterocycles. The van der Waals surface area contributed by atoms with Gasteiger partial charge in [-0.1, -0.05) is 18.2 Å². The molecule has 6 heteroatoms. The number of nitrogens with zero attached hydrogens (tertiary/aromatic N) is 1. The summed E-state index contributed by atoms with van der Waals surface area (Å²) in [6.07, 6.45) is 0.385. The van der Waals surface area contributed by atoms with Gasteiger partial charge in [0.25, 0.3) is 0 Å². The number of nitrogens with two attached hydrogens (primary N) is 1. The summed E-state index contributed by atoms with van der Waals surface area (Å²) < 4.78 is 17.6. The quantitative estimate of drug-likeness (QED) is 0.663. The molecule has 3 rings (SSSR count). The van der Waals surface area contributed by atoms with Gasteiger partial charge in [-0.05, 0) is 36.4 Å². The summed E-state index contributed by atoms with van der Waals surface area (Å²) in [6, 6.07) is 16.5. The van der Waals surface area contributed by atoms with Crippen LogP contribution in [0.25, 0.3) is 22.2 Å². The van der Waals surface area contributed by atoms with Gasteiger partial charge in [-0.15, -0.1) is 0 Å². The minimum atomic E-state index is -0.451. The van der Waals surface area contributed by atoms with Gasteiger partial charge in [0.2, 0.25) is 5.91 Å². The molecule has 0 bridgehead atoms. The molecule has 0 atom stereocenters. The van der Waals surface area contributed by atoms with Crippen LogP contribution < -0.4 is 10.5 Å². The molecule has 3 aromatic rings. The van der Waals surface area contributed by atoms with Crippen molar-refractivity contribution in [2.75, 3.05) is 20.4 Å². The third kappa shape index (κ3) is 4.77. The Morgan fingerprint density at radius 3 is 2.50 bits per heavy atom. The van der Waals surface area contributed by atoms with Crippen LogP contribution in [0.5, 0.6) is 5.75 Å². The zero-order valence-corrected chi connectivity index (χ0v) is 14.5. The molecule has 0 saturated carbocycles. The van der Waals surface area contributed by atoms with E-state index >= 15 is 0 Å². The Bertz CT molecular complexity index is 867. The first kappa shape index (κ1) is 19.3. The number of pyridine rings is 1. The maximum Gasteiger partial charge on any atom is 0.248 e. The Morgan fingerprint density at radius 1 is 1.12 bits per heavy atom. The van der Waals surface area contributed by atoms with E-state index in [1.165, 1.54) is 0 Å². The average Bonchev–Trinajstić information content (AvgIpc) is 2.69. The van der Waals surface area contributed by atoms with Gasteiger partial charge in [0, 0.05) is 30.0 Å². The largest absolute Gasteiger partial charge is 0.493 e. The minimum Gasteiger partial charge on any atom is -0.493 e. The number of ether oxygens (including phenoxy) is 1. The maximum atomic E-state index is 12.1. The Morgan fingerprint density at radius 2 is 1.85 bits per heavy atom. The first-order valence-corrected chi connectivity index (χ1v) is 8.12. The van der Waals surface area contributed by atoms with Gasteiger partial charge in [0.15, 0.2) is 0 Å². The lowest BCUT2D eigenvalue weighted by Crippen LogP contribution is -2.10. The number of amides is 1. The molecule has 0 aliphatic rings. The minimum absolute atomic E-state index is 0.361. The van der Waals surface area contributed by atoms with Crippen molar-refractivity contribution in [2.24, 2.45) is 5.73 Å². The number of hydrogen-bond acceptors (Lipinski definition) is 4. The normalized spacial score (nSPS) is 10.1. The number of carbonyl (C=O) groups is 1. The number of hydrogen-bond donors (Lipinski definition) is 2. The SMILES string of the molecule is CO.NC(=O)c1ccc(-c2ccc3cc(OCCCF)ccc3n2)cc1. The molecular weight excluding hydrogens is 335 g/mol. The van der Waals surface area contributed by atoms with Crippen molar-refractivity contribution in [3.05, 3.63) is 60.2 Å². The average molecular weight is 356 g/mol. The molecule has 0 fully saturated rings. The smallest absolute Gasteiger partial charge is 0.248 e. The molecular formula is C20H21FN2O3. The molecule has 26 heavy (non-hydrogen) atoms. The number of rotatable bonds is 6. The summed E-state index contributed by atoms with van der Waals surface area (Å²) >= 11 is 0. The van der Waals surface area contributed by atoms with Crippen LogP contribution in [-0.2, 0) is 0 Å². The second kappa shape index (κ2) is 9.48. The molecule has 5 nitrogen and oxygen atoms in total. The van der Waals surface area contributed by atoms with E-state index in [0.29, 0.717) is 24.3 Å². The van der Waals surface area contributed by atoms with Crippen molar-refractivity contribution in [1.82, 2.24) is 4.98 Å². The molecule has 136 valence electrons. The highest BCUT2D eigenvalue weighted by molar-refractivity contribution is 5.93. The summed E-state index contributed by atoms with van der Waals surface area (Å²) in [7, 11) is 1.00. The first-order chi connectivity index (χ1) is 12.7. The number of aromatic nitrogens is 1. The van der Waals surface area contributed by atoms with E-state index < -0.39 is 5.91 Å². The van der Waals surface area contributed by atoms with Crippen LogP contribution in [0.2, 0.25) is 0 Å². The second-order valence-electron chi connectivity index (χ2n) is 5.38. The molecule has 2 aromatic carbocycles. The van der Waals surface area contributed by atoms with Crippen molar-refractivity contribution in [1.29, 1.82) is 0 Å². The summed E-state index contributed by atoms with van der Waals surface area (Å²) in [5, 5.41) is 7.95. The molecule has 1 amide bonds. The third-order valence-electron chi connectivity index (χ3n) is 3.67. The predicted molar refractivity (Wildman–Crippen MR) is 99.9 cm³/mol. The zero-order valence-electron chi connectivity index (χ0n) is 14.5. The van der Waals surface area contributed by atoms with Crippen molar-refractivity contribution in [2.45, 2.75) is 6.42 Å². The fourth-order valence-electron chi connectivity index (χ4n) is 2.40. The summed E-state index contributed by atoms with van der Waals surface area (Å²) in [6.45, 7) is -0.0211. The van der Waals surface area contributed by atoms with Crippen LogP contribution in [-0.4, -0.2) is 36.4 Å². The molecule has 0 spiro atoms. The van der Waals surface area contributed by atoms with Crippen LogP contribution in [0, 0.1) is 0 Å². The number of benzene rings is 2. The van der Waals surface area contributed by atoms with Gasteiger partial charge in [-0.2, -0.15) is 0 Å². The van der Waals surface area contributed by atoms with E-state index in [9.17, 15) is 9.18 Å². The van der Waals surface area contributed by atoms with E-state index in [-0.39, 0.29) is 6.67 Å². The third-order valence-corrected chi connectivity index (χ3v) is 3.67. The predicted octanol–water partition coefficient (Wildman–Crippen LogP) is 3.35. The molecule has 0 saturated heterocycles. The molecule has 0 aliphatic heterocycles. The topological polar surface area (TPSA) is 85.4 Å². The lowest BCUT2D eigenvalue weighted by Gasteiger charge is -2.07. The number of aliphatic hydroxyl groups is 1. The van der Waals surface area contributed by atoms with Crippen molar-refractivity contribution < 1.29 is 19.0 Å². The van der Waals surface area contributed by atoms with Crippen molar-refractivity contribution >= 4 is 16.8 Å². The van der Waals surface area contributed by atoms with Gasteiger partial charge in [-0.3, -0.25) is 9.18 Å². The molecule has 0 radical (unpaired) electrons. The van der Waals surface area contributed by atoms with Gasteiger partial charge >= 0.3 is 0 Å². The maximum absolute atomic E-state index is 12.1. The Kier molecular flexibility index (Phi) is 7.05. The Balaban J connectivity index is 0.00000117. The van der Waals surface area contributed by atoms with E-state index in [1.807, 2.05) is 42.5 Å². The van der Waals surface area contributed by atoms with Crippen LogP contribution in [0.1, 0.15) is 16.8 Å². The summed E-state index contributed by atoms with van der Waals surface area (Å²) in [4.78, 5) is 15.7. The van der Waals surface area contributed by atoms with Crippen LogP contribution in [0.3, 0.4) is 0 Å². The number of primary amides is 1. The lowest BCUT2D eigenvalue weighted by atomic mass is 10.1. The van der Waals surface area contributed by atoms with E-state index in [4.69, 9.17) is 15.6 Å². The summed E-state index contributed by atoms with van der Waals surface area (Å²) in [5.41, 5.74) is 8.27. The zero-order chi connectivity index (χ0) is 18.9. The van der Waals surface area contributed by atoms with E-state index in [0.717, 1.165) is 29.3 Å². The van der Waals surface area contributed by atoms with E-state index in [1.54, 1.807) is 12.1 Å². The lowest BCUT2D eigenvalue weighted by molar-refractivity contribution is 0.100. The van der Waals surface area contributed by atoms with Crippen LogP contribution in [0.4, 0.5) is 4.39 Å². The Hall–Kier alpha value is -2.99. The van der Waals surface area contributed by atoms with Crippen molar-refractivity contribution in [3.8, 4) is 17.0 Å². The van der Waals surface area contributed by atoms with Gasteiger partial charge in [0.05, 0.1) is 24.5 Å². The van der Waals surface area contributed by atoms with Gasteiger partial charge in [0.1, 0.15) is 5.75 Å². The van der Waals surface area contributed by atoms with Crippen LogP contribution in [0.15, 0.2) is 54.6 Å². The highest BCUT2D eigenvalue weighted by Crippen LogP contribution is 2.24. The highest BCUT2D eigenvalue weighted by Gasteiger charge is 2.05. The molecule has 0 aliphatic carbocycles. The molecule has 1 heterocycles. The molecule has 3 N–H and O–H groups in total. The standard InChI is InChI=1S/C19H17FN2O2.CH4O/c20-10-1-11-24-16-7-9-18-15(12-16)6-8-17(22-18)13-2-4-14(5-3-13)19(21)23;1-2/h2-9,12H,1,10-11H2,(H2,21,23);2H,1H3. The first-order valence-electron chi connectivity index (χ1n) is 8.12. The van der Waals surface area contributed by atoms with Crippen molar-refractivity contribution in [3.63, 3.8) is 0 Å². The van der Waals surface area contributed by atoms with Gasteiger partial charge < -0.3 is 15.6 Å². The van der Waals surface area contributed by atoms with E-state index in [2.05, 4.69) is 4.98 Å². The van der Waals surface area contributed by atoms with Crippen LogP contribution >= 0.6 is 0 Å². The number of carbonyl (C=O) groups excluding carboxylic acids is 1. The van der Waals surface area contributed by atoms with Gasteiger partial charge in [-0.25, -0.2) is 4.98 Å². The number of fused-ring (bicyclic) bond motifs is 1. The highest BCUT2D eigenvalue weighted by atomic mass is 19.1. The molecule has 0 unspecified atom stereocenters. The fraction of sp³-hybridized carbons (Fsp3) is 0.200. The summed E-state index contributed by atoms with van der Waals surface area (Å²) in [5.74, 6) is 0.254. The monoisotopic (exact) mass is 356 g/mol. The number of halogens is 1. The second-order valence-corrected chi connectivity index (χ2v) is 5.38. The number of aliphatic hydroxyl groups excluding tert-OH is 1. The fourth-order valence-corrected chi connectivity index (χ4v) is 2.40. The number of alkyl halides is 1.